The maximum Gasteiger partial charge on any atom is 0.300 e. The van der Waals surface area contributed by atoms with Gasteiger partial charge in [0.15, 0.2) is 5.76 Å². The lowest BCUT2D eigenvalue weighted by atomic mass is 9.95. The molecule has 1 aromatic heterocycles. The van der Waals surface area contributed by atoms with Crippen LogP contribution in [0.3, 0.4) is 0 Å². The van der Waals surface area contributed by atoms with Gasteiger partial charge in [-0.3, -0.25) is 0 Å². The number of hydrogen-bond donors (Lipinski definition) is 0. The summed E-state index contributed by atoms with van der Waals surface area (Å²) >= 11 is 0. The van der Waals surface area contributed by atoms with E-state index >= 15 is 0 Å². The second-order valence-electron chi connectivity index (χ2n) is 5.97. The first-order valence-electron chi connectivity index (χ1n) is 8.41. The molecule has 6 heteroatoms. The van der Waals surface area contributed by atoms with Gasteiger partial charge < -0.3 is 28.1 Å². The van der Waals surface area contributed by atoms with Gasteiger partial charge in [-0.25, -0.2) is 0 Å². The maximum absolute atomic E-state index is 6.48. The number of ether oxygens (including phenoxy) is 5. The van der Waals surface area contributed by atoms with E-state index in [-0.39, 0.29) is 0 Å². The number of methoxy groups -OCH3 is 4. The Balaban J connectivity index is 2.11. The minimum absolute atomic E-state index is 0.396. The zero-order valence-corrected chi connectivity index (χ0v) is 15.6. The Morgan fingerprint density at radius 1 is 0.889 bits per heavy atom. The van der Waals surface area contributed by atoms with Gasteiger partial charge in [0, 0.05) is 18.7 Å². The molecule has 4 rings (SSSR count). The van der Waals surface area contributed by atoms with Crippen LogP contribution in [-0.4, -0.2) is 28.4 Å². The first kappa shape index (κ1) is 17.3. The number of benzene rings is 2. The van der Waals surface area contributed by atoms with Gasteiger partial charge in [0.2, 0.25) is 5.76 Å². The van der Waals surface area contributed by atoms with Gasteiger partial charge in [-0.15, -0.1) is 0 Å². The van der Waals surface area contributed by atoms with Crippen molar-refractivity contribution in [2.75, 3.05) is 28.4 Å². The largest absolute Gasteiger partial charge is 0.496 e. The van der Waals surface area contributed by atoms with Crippen LogP contribution in [-0.2, 0) is 20.0 Å². The fraction of sp³-hybridized carbons (Fsp3) is 0.238. The summed E-state index contributed by atoms with van der Waals surface area (Å²) in [5.74, 6) is 0.653. The first-order valence-corrected chi connectivity index (χ1v) is 8.41. The Morgan fingerprint density at radius 2 is 1.67 bits per heavy atom. The summed E-state index contributed by atoms with van der Waals surface area (Å²) in [6.45, 7) is 0. The van der Waals surface area contributed by atoms with E-state index in [9.17, 15) is 0 Å². The summed E-state index contributed by atoms with van der Waals surface area (Å²) in [7, 11) is 6.28. The molecule has 0 spiro atoms. The molecule has 0 aliphatic carbocycles. The highest BCUT2D eigenvalue weighted by Crippen LogP contribution is 2.52. The van der Waals surface area contributed by atoms with Gasteiger partial charge >= 0.3 is 0 Å². The average molecular weight is 368 g/mol. The molecule has 1 unspecified atom stereocenters. The summed E-state index contributed by atoms with van der Waals surface area (Å²) in [6.07, 6.45) is 1.60. The van der Waals surface area contributed by atoms with Crippen molar-refractivity contribution in [2.45, 2.75) is 5.79 Å². The molecule has 2 aromatic carbocycles. The van der Waals surface area contributed by atoms with Crippen molar-refractivity contribution in [2.24, 2.45) is 0 Å². The summed E-state index contributed by atoms with van der Waals surface area (Å²) in [5, 5.41) is 0.785. The number of rotatable bonds is 5. The molecule has 0 saturated carbocycles. The number of fused-ring (bicyclic) bond motifs is 3. The third-order valence-corrected chi connectivity index (χ3v) is 4.72. The van der Waals surface area contributed by atoms with Crippen molar-refractivity contribution in [1.82, 2.24) is 0 Å². The lowest BCUT2D eigenvalue weighted by molar-refractivity contribution is -0.170. The average Bonchev–Trinajstić information content (AvgIpc) is 3.20. The Labute approximate surface area is 156 Å². The highest BCUT2D eigenvalue weighted by molar-refractivity contribution is 5.94. The molecule has 0 bridgehead atoms. The minimum atomic E-state index is -1.31. The molecule has 0 fully saturated rings. The SMILES string of the molecule is COC1=C(OC)C(OC)(c2ccccc2)Oc2c1c(OC)cc1occc21. The van der Waals surface area contributed by atoms with Crippen molar-refractivity contribution in [3.63, 3.8) is 0 Å². The molecule has 27 heavy (non-hydrogen) atoms. The Hall–Kier alpha value is -3.12. The fourth-order valence-corrected chi connectivity index (χ4v) is 3.51. The van der Waals surface area contributed by atoms with E-state index in [1.807, 2.05) is 36.4 Å². The van der Waals surface area contributed by atoms with Gasteiger partial charge in [0.25, 0.3) is 5.79 Å². The van der Waals surface area contributed by atoms with Gasteiger partial charge in [-0.2, -0.15) is 0 Å². The molecule has 0 N–H and O–H groups in total. The fourth-order valence-electron chi connectivity index (χ4n) is 3.51. The molecular weight excluding hydrogens is 348 g/mol. The van der Waals surface area contributed by atoms with Crippen LogP contribution in [0, 0.1) is 0 Å². The maximum atomic E-state index is 6.48. The van der Waals surface area contributed by atoms with Gasteiger partial charge in [0.1, 0.15) is 22.6 Å². The molecule has 6 nitrogen and oxygen atoms in total. The van der Waals surface area contributed by atoms with Crippen molar-refractivity contribution in [1.29, 1.82) is 0 Å². The Morgan fingerprint density at radius 3 is 2.30 bits per heavy atom. The van der Waals surface area contributed by atoms with Gasteiger partial charge in [-0.1, -0.05) is 30.3 Å². The van der Waals surface area contributed by atoms with E-state index < -0.39 is 5.79 Å². The lowest BCUT2D eigenvalue weighted by Gasteiger charge is -2.39. The van der Waals surface area contributed by atoms with Crippen molar-refractivity contribution < 1.29 is 28.1 Å². The van der Waals surface area contributed by atoms with E-state index in [4.69, 9.17) is 28.1 Å². The van der Waals surface area contributed by atoms with E-state index in [1.54, 1.807) is 40.8 Å². The van der Waals surface area contributed by atoms with Crippen LogP contribution in [0.1, 0.15) is 11.1 Å². The highest BCUT2D eigenvalue weighted by atomic mass is 16.7. The molecule has 3 aromatic rings. The topological polar surface area (TPSA) is 59.3 Å². The van der Waals surface area contributed by atoms with E-state index in [1.165, 1.54) is 0 Å². The Bertz CT molecular complexity index is 1000. The van der Waals surface area contributed by atoms with E-state index in [0.717, 1.165) is 10.9 Å². The normalized spacial score (nSPS) is 18.8. The molecule has 0 amide bonds. The summed E-state index contributed by atoms with van der Waals surface area (Å²) in [6, 6.07) is 13.2. The van der Waals surface area contributed by atoms with Crippen molar-refractivity contribution >= 4 is 16.7 Å². The first-order chi connectivity index (χ1) is 13.2. The van der Waals surface area contributed by atoms with E-state index in [2.05, 4.69) is 0 Å². The quantitative estimate of drug-likeness (QED) is 0.669. The smallest absolute Gasteiger partial charge is 0.300 e. The van der Waals surface area contributed by atoms with Crippen LogP contribution in [0.4, 0.5) is 0 Å². The second-order valence-corrected chi connectivity index (χ2v) is 5.97. The molecule has 0 saturated heterocycles. The van der Waals surface area contributed by atoms with Crippen LogP contribution in [0.2, 0.25) is 0 Å². The second kappa shape index (κ2) is 6.55. The molecule has 1 atom stereocenters. The van der Waals surface area contributed by atoms with Crippen molar-refractivity contribution in [3.8, 4) is 11.5 Å². The molecule has 140 valence electrons. The zero-order valence-electron chi connectivity index (χ0n) is 15.6. The zero-order chi connectivity index (χ0) is 19.0. The number of hydrogen-bond acceptors (Lipinski definition) is 6. The molecule has 1 aliphatic rings. The predicted molar refractivity (Wildman–Crippen MR) is 99.5 cm³/mol. The molecular formula is C21H20O6. The number of furan rings is 1. The highest BCUT2D eigenvalue weighted by Gasteiger charge is 2.49. The van der Waals surface area contributed by atoms with Crippen LogP contribution < -0.4 is 9.47 Å². The summed E-state index contributed by atoms with van der Waals surface area (Å²) < 4.78 is 35.0. The van der Waals surface area contributed by atoms with Gasteiger partial charge in [-0.05, 0) is 6.07 Å². The van der Waals surface area contributed by atoms with Crippen LogP contribution in [0.5, 0.6) is 11.5 Å². The van der Waals surface area contributed by atoms with E-state index in [0.29, 0.717) is 34.2 Å². The monoisotopic (exact) mass is 368 g/mol. The minimum Gasteiger partial charge on any atom is -0.496 e. The standard InChI is InChI=1S/C21H20O6/c1-22-16-12-15-14(10-11-26-15)18-17(16)19(23-2)20(24-3)21(25-4,27-18)13-8-6-5-7-9-13/h5-12H,1-4H3. The van der Waals surface area contributed by atoms with Crippen LogP contribution in [0.15, 0.2) is 58.9 Å². The molecule has 0 radical (unpaired) electrons. The predicted octanol–water partition coefficient (Wildman–Crippen LogP) is 4.29. The summed E-state index contributed by atoms with van der Waals surface area (Å²) in [5.41, 5.74) is 2.05. The molecule has 1 aliphatic heterocycles. The van der Waals surface area contributed by atoms with Crippen molar-refractivity contribution in [3.05, 3.63) is 65.6 Å². The summed E-state index contributed by atoms with van der Waals surface area (Å²) in [4.78, 5) is 0. The van der Waals surface area contributed by atoms with Gasteiger partial charge in [0.05, 0.1) is 33.0 Å². The third kappa shape index (κ3) is 2.37. The van der Waals surface area contributed by atoms with Crippen LogP contribution in [0.25, 0.3) is 16.7 Å². The Kier molecular flexibility index (Phi) is 4.20. The molecule has 2 heterocycles. The lowest BCUT2D eigenvalue weighted by Crippen LogP contribution is -2.41. The third-order valence-electron chi connectivity index (χ3n) is 4.72. The van der Waals surface area contributed by atoms with Crippen LogP contribution >= 0.6 is 0 Å².